The van der Waals surface area contributed by atoms with Gasteiger partial charge in [0.05, 0.1) is 17.8 Å². The minimum absolute atomic E-state index is 0.0684. The van der Waals surface area contributed by atoms with E-state index in [1.807, 2.05) is 34.3 Å². The molecule has 0 bridgehead atoms. The van der Waals surface area contributed by atoms with Gasteiger partial charge in [-0.3, -0.25) is 29.2 Å². The first-order chi connectivity index (χ1) is 19.4. The van der Waals surface area contributed by atoms with Crippen LogP contribution in [0.25, 0.3) is 0 Å². The lowest BCUT2D eigenvalue weighted by Crippen LogP contribution is -2.42. The normalized spacial score (nSPS) is 12.8. The first-order valence-corrected chi connectivity index (χ1v) is 13.1. The van der Waals surface area contributed by atoms with Crippen LogP contribution in [0.2, 0.25) is 0 Å². The molecule has 40 heavy (non-hydrogen) atoms. The van der Waals surface area contributed by atoms with Gasteiger partial charge in [0.2, 0.25) is 5.91 Å². The number of fused-ring (bicyclic) bond motifs is 1. The summed E-state index contributed by atoms with van der Waals surface area (Å²) in [5.74, 6) is -1.78. The molecule has 0 spiro atoms. The number of hydrogen-bond acceptors (Lipinski definition) is 8. The maximum atomic E-state index is 12.6. The number of hydrogen-bond donors (Lipinski definition) is 3. The van der Waals surface area contributed by atoms with Crippen molar-refractivity contribution in [3.8, 4) is 0 Å². The summed E-state index contributed by atoms with van der Waals surface area (Å²) in [6.07, 6.45) is 2.74. The van der Waals surface area contributed by atoms with E-state index in [2.05, 4.69) is 39.8 Å². The molecule has 2 aromatic carbocycles. The van der Waals surface area contributed by atoms with Crippen molar-refractivity contribution in [2.24, 2.45) is 0 Å². The molecule has 0 saturated carbocycles. The molecule has 0 unspecified atom stereocenters. The van der Waals surface area contributed by atoms with Crippen molar-refractivity contribution < 1.29 is 19.2 Å². The van der Waals surface area contributed by atoms with Gasteiger partial charge < -0.3 is 5.32 Å². The zero-order valence-corrected chi connectivity index (χ0v) is 22.2. The Morgan fingerprint density at radius 1 is 0.950 bits per heavy atom. The number of nitrogens with zero attached hydrogens (tertiary/aromatic N) is 5. The van der Waals surface area contributed by atoms with Gasteiger partial charge in [0.25, 0.3) is 17.6 Å². The third-order valence-electron chi connectivity index (χ3n) is 6.87. The molecule has 204 valence electrons. The molecule has 0 fully saturated rings. The Balaban J connectivity index is 1.20. The minimum Gasteiger partial charge on any atom is -0.326 e. The average Bonchev–Trinajstić information content (AvgIpc) is 3.59. The highest BCUT2D eigenvalue weighted by Gasteiger charge is 2.30. The predicted molar refractivity (Wildman–Crippen MR) is 144 cm³/mol. The zero-order valence-electron chi connectivity index (χ0n) is 22.2. The summed E-state index contributed by atoms with van der Waals surface area (Å²) in [4.78, 5) is 48.2. The summed E-state index contributed by atoms with van der Waals surface area (Å²) in [6, 6.07) is 12.3. The Hall–Kier alpha value is -5.00. The van der Waals surface area contributed by atoms with Crippen molar-refractivity contribution in [2.75, 3.05) is 5.32 Å². The van der Waals surface area contributed by atoms with Crippen LogP contribution < -0.4 is 10.6 Å². The smallest absolute Gasteiger partial charge is 0.299 e. The maximum absolute atomic E-state index is 12.6. The monoisotopic (exact) mass is 540 g/mol. The van der Waals surface area contributed by atoms with E-state index in [9.17, 15) is 19.2 Å². The van der Waals surface area contributed by atoms with E-state index in [0.717, 1.165) is 35.4 Å². The fourth-order valence-electron chi connectivity index (χ4n) is 4.85. The van der Waals surface area contributed by atoms with Gasteiger partial charge in [-0.2, -0.15) is 5.10 Å². The highest BCUT2D eigenvalue weighted by Crippen LogP contribution is 2.21. The van der Waals surface area contributed by atoms with Gasteiger partial charge in [0, 0.05) is 35.3 Å². The lowest BCUT2D eigenvalue weighted by Gasteiger charge is -2.15. The second-order valence-corrected chi connectivity index (χ2v) is 9.50. The third-order valence-corrected chi connectivity index (χ3v) is 6.87. The molecule has 12 nitrogen and oxygen atoms in total. The summed E-state index contributed by atoms with van der Waals surface area (Å²) in [5, 5.41) is 23.9. The number of aryl methyl sites for hydroxylation is 2. The van der Waals surface area contributed by atoms with Gasteiger partial charge in [0.15, 0.2) is 5.82 Å². The first kappa shape index (κ1) is 26.6. The Labute approximate surface area is 229 Å². The van der Waals surface area contributed by atoms with E-state index in [1.165, 1.54) is 12.1 Å². The van der Waals surface area contributed by atoms with Gasteiger partial charge in [-0.25, -0.2) is 5.10 Å². The highest BCUT2D eigenvalue weighted by atomic mass is 16.2. The van der Waals surface area contributed by atoms with Gasteiger partial charge in [0.1, 0.15) is 0 Å². The van der Waals surface area contributed by atoms with E-state index in [0.29, 0.717) is 36.5 Å². The Kier molecular flexibility index (Phi) is 7.58. The van der Waals surface area contributed by atoms with Crippen molar-refractivity contribution in [2.45, 2.75) is 52.5 Å². The summed E-state index contributed by atoms with van der Waals surface area (Å²) < 4.78 is 2.02. The quantitative estimate of drug-likeness (QED) is 0.203. The second-order valence-electron chi connectivity index (χ2n) is 9.50. The van der Waals surface area contributed by atoms with Gasteiger partial charge in [-0.15, -0.1) is 5.10 Å². The van der Waals surface area contributed by atoms with Crippen LogP contribution in [0.4, 0.5) is 5.69 Å². The number of aromatic nitrogens is 6. The molecule has 12 heteroatoms. The number of carbonyl (C=O) groups excluding carboxylic acids is 4. The first-order valence-electron chi connectivity index (χ1n) is 13.1. The number of nitrogens with one attached hydrogen (secondary N) is 3. The van der Waals surface area contributed by atoms with Crippen LogP contribution in [0.1, 0.15) is 74.9 Å². The molecule has 0 atom stereocenters. The summed E-state index contributed by atoms with van der Waals surface area (Å²) in [5.41, 5.74) is 5.94. The van der Waals surface area contributed by atoms with Crippen LogP contribution in [0.3, 0.4) is 0 Å². The van der Waals surface area contributed by atoms with Crippen LogP contribution in [0.15, 0.2) is 42.5 Å². The lowest BCUT2D eigenvalue weighted by molar-refractivity contribution is -0.117. The number of tetrazole rings is 1. The molecule has 5 rings (SSSR count). The van der Waals surface area contributed by atoms with E-state index in [1.54, 1.807) is 6.07 Å². The molecule has 1 aliphatic rings. The Bertz CT molecular complexity index is 1590. The maximum Gasteiger partial charge on any atom is 0.299 e. The van der Waals surface area contributed by atoms with Crippen LogP contribution in [0, 0.1) is 0 Å². The highest BCUT2D eigenvalue weighted by molar-refractivity contribution is 6.49. The van der Waals surface area contributed by atoms with Gasteiger partial charge >= 0.3 is 0 Å². The van der Waals surface area contributed by atoms with Crippen LogP contribution in [-0.4, -0.2) is 53.9 Å². The number of ketones is 1. The zero-order chi connectivity index (χ0) is 28.2. The third kappa shape index (κ3) is 5.55. The molecule has 2 aromatic heterocycles. The molecule has 3 heterocycles. The Morgan fingerprint density at radius 3 is 2.42 bits per heavy atom. The lowest BCUT2D eigenvalue weighted by atomic mass is 9.95. The van der Waals surface area contributed by atoms with Crippen molar-refractivity contribution in [3.05, 3.63) is 87.5 Å². The van der Waals surface area contributed by atoms with E-state index in [-0.39, 0.29) is 23.5 Å². The fourth-order valence-corrected chi connectivity index (χ4v) is 4.85. The van der Waals surface area contributed by atoms with E-state index >= 15 is 0 Å². The number of imide groups is 1. The van der Waals surface area contributed by atoms with Crippen molar-refractivity contribution in [1.82, 2.24) is 35.7 Å². The van der Waals surface area contributed by atoms with Crippen molar-refractivity contribution >= 4 is 29.2 Å². The van der Waals surface area contributed by atoms with Gasteiger partial charge in [-0.05, 0) is 65.1 Å². The van der Waals surface area contributed by atoms with Crippen molar-refractivity contribution in [3.63, 3.8) is 0 Å². The van der Waals surface area contributed by atoms with E-state index < -0.39 is 17.6 Å². The molecule has 3 amide bonds. The molecular weight excluding hydrogens is 512 g/mol. The number of anilines is 1. The SMILES string of the molecule is CCc1nn(Cc2ccc(NC(=O)CCc3ccc4c(c3)C(=O)C(=O)NC4=O)cc2)c(CC)c1Cc1nnn[nH]1. The van der Waals surface area contributed by atoms with Crippen LogP contribution in [0.5, 0.6) is 0 Å². The number of Topliss-reactive ketones (excluding diaryl/α,β-unsaturated/α-hetero) is 1. The standard InChI is InChI=1S/C28H28N8O4/c1-3-22-21(14-24-31-34-35-32-24)23(4-2)36(33-22)15-17-5-9-18(10-6-17)29-25(37)12-8-16-7-11-19-20(13-16)26(38)28(40)30-27(19)39/h5-7,9-11,13H,3-4,8,12,14-15H2,1-2H3,(H,29,37)(H,30,39,40)(H,31,32,34,35). The molecule has 0 radical (unpaired) electrons. The molecule has 3 N–H and O–H groups in total. The number of H-pyrrole nitrogens is 1. The fraction of sp³-hybridized carbons (Fsp3) is 0.286. The van der Waals surface area contributed by atoms with Crippen LogP contribution in [-0.2, 0) is 41.8 Å². The number of amides is 3. The van der Waals surface area contributed by atoms with Crippen molar-refractivity contribution in [1.29, 1.82) is 0 Å². The van der Waals surface area contributed by atoms with Gasteiger partial charge in [-0.1, -0.05) is 32.0 Å². The number of aromatic amines is 1. The number of benzene rings is 2. The minimum atomic E-state index is -0.940. The molecule has 4 aromatic rings. The number of carbonyl (C=O) groups is 4. The van der Waals surface area contributed by atoms with Crippen LogP contribution >= 0.6 is 0 Å². The largest absolute Gasteiger partial charge is 0.326 e. The molecule has 1 aliphatic heterocycles. The second kappa shape index (κ2) is 11.4. The molecule has 0 saturated heterocycles. The average molecular weight is 541 g/mol. The van der Waals surface area contributed by atoms with E-state index in [4.69, 9.17) is 5.10 Å². The Morgan fingerprint density at radius 2 is 1.73 bits per heavy atom. The predicted octanol–water partition coefficient (Wildman–Crippen LogP) is 2.18. The summed E-state index contributed by atoms with van der Waals surface area (Å²) in [6.45, 7) is 4.78. The summed E-state index contributed by atoms with van der Waals surface area (Å²) >= 11 is 0. The molecule has 0 aliphatic carbocycles. The molecular formula is C28H28N8O4. The summed E-state index contributed by atoms with van der Waals surface area (Å²) in [7, 11) is 0. The number of rotatable bonds is 10. The topological polar surface area (TPSA) is 165 Å².